The average Bonchev–Trinajstić information content (AvgIpc) is 3.07. The quantitative estimate of drug-likeness (QED) is 0.579. The molecule has 0 aromatic rings. The van der Waals surface area contributed by atoms with Crippen LogP contribution in [0.4, 0.5) is 0 Å². The Balaban J connectivity index is 1.65. The van der Waals surface area contributed by atoms with Crippen molar-refractivity contribution >= 4 is 5.97 Å². The number of likely N-dealkylation sites (tertiary alicyclic amines) is 1. The molecule has 2 fully saturated rings. The zero-order valence-corrected chi connectivity index (χ0v) is 11.5. The van der Waals surface area contributed by atoms with E-state index < -0.39 is 12.1 Å². The number of hydrogen-bond donors (Lipinski definition) is 2. The summed E-state index contributed by atoms with van der Waals surface area (Å²) in [5, 5.41) is 18.8. The minimum Gasteiger partial charge on any atom is -0.480 e. The lowest BCUT2D eigenvalue weighted by molar-refractivity contribution is -0.138. The minimum atomic E-state index is -0.860. The first kappa shape index (κ1) is 14.7. The second-order valence-corrected chi connectivity index (χ2v) is 5.72. The predicted octanol–water partition coefficient (Wildman–Crippen LogP) is -0.525. The summed E-state index contributed by atoms with van der Waals surface area (Å²) in [5.74, 6) is -0.0838. The number of nitrogens with zero attached hydrogens (tertiary/aromatic N) is 2. The third-order valence-electron chi connectivity index (χ3n) is 3.89. The molecule has 6 heteroatoms. The lowest BCUT2D eigenvalue weighted by Gasteiger charge is -2.24. The molecule has 1 heterocycles. The normalized spacial score (nSPS) is 28.2. The van der Waals surface area contributed by atoms with Gasteiger partial charge in [-0.25, -0.2) is 0 Å². The van der Waals surface area contributed by atoms with Gasteiger partial charge < -0.3 is 14.9 Å². The molecule has 1 unspecified atom stereocenters. The van der Waals surface area contributed by atoms with E-state index >= 15 is 0 Å². The SMILES string of the molecule is CN(CC(=O)O)C1CN(CCOCC2CC2)C[C@H]1O. The maximum atomic E-state index is 10.7. The molecular formula is C13H24N2O4. The fourth-order valence-electron chi connectivity index (χ4n) is 2.52. The first-order valence-corrected chi connectivity index (χ1v) is 6.96. The fourth-order valence-corrected chi connectivity index (χ4v) is 2.52. The smallest absolute Gasteiger partial charge is 0.317 e. The topological polar surface area (TPSA) is 73.2 Å². The molecular weight excluding hydrogens is 248 g/mol. The zero-order chi connectivity index (χ0) is 13.8. The Labute approximate surface area is 113 Å². The molecule has 0 aromatic heterocycles. The molecule has 6 nitrogen and oxygen atoms in total. The van der Waals surface area contributed by atoms with Gasteiger partial charge in [0.05, 0.1) is 19.3 Å². The Morgan fingerprint density at radius 1 is 1.42 bits per heavy atom. The van der Waals surface area contributed by atoms with Crippen molar-refractivity contribution in [1.29, 1.82) is 0 Å². The van der Waals surface area contributed by atoms with E-state index in [0.717, 1.165) is 19.1 Å². The molecule has 110 valence electrons. The molecule has 1 saturated heterocycles. The van der Waals surface area contributed by atoms with Gasteiger partial charge in [-0.1, -0.05) is 0 Å². The van der Waals surface area contributed by atoms with Crippen molar-refractivity contribution in [3.05, 3.63) is 0 Å². The standard InChI is InChI=1S/C13H24N2O4/c1-14(8-13(17)18)11-6-15(7-12(11)16)4-5-19-9-10-2-3-10/h10-12,16H,2-9H2,1H3,(H,17,18)/t11?,12-/m1/s1. The van der Waals surface area contributed by atoms with Crippen LogP contribution in [-0.2, 0) is 9.53 Å². The van der Waals surface area contributed by atoms with Crippen LogP contribution >= 0.6 is 0 Å². The lowest BCUT2D eigenvalue weighted by atomic mass is 10.2. The molecule has 1 aliphatic heterocycles. The second-order valence-electron chi connectivity index (χ2n) is 5.72. The molecule has 1 aliphatic carbocycles. The number of carboxylic acids is 1. The molecule has 2 N–H and O–H groups in total. The van der Waals surface area contributed by atoms with Gasteiger partial charge >= 0.3 is 5.97 Å². The molecule has 2 aliphatic rings. The van der Waals surface area contributed by atoms with Crippen LogP contribution in [0, 0.1) is 5.92 Å². The molecule has 0 spiro atoms. The van der Waals surface area contributed by atoms with Crippen LogP contribution < -0.4 is 0 Å². The van der Waals surface area contributed by atoms with Gasteiger partial charge in [0, 0.05) is 32.3 Å². The van der Waals surface area contributed by atoms with E-state index in [1.165, 1.54) is 12.8 Å². The van der Waals surface area contributed by atoms with Crippen LogP contribution in [0.15, 0.2) is 0 Å². The number of carboxylic acid groups (broad SMARTS) is 1. The molecule has 0 aromatic carbocycles. The largest absolute Gasteiger partial charge is 0.480 e. The monoisotopic (exact) mass is 272 g/mol. The number of β-amino-alcohol motifs (C(OH)–C–C–N with tert-alkyl or cyclic N) is 1. The van der Waals surface area contributed by atoms with E-state index in [1.54, 1.807) is 11.9 Å². The van der Waals surface area contributed by atoms with Crippen LogP contribution in [0.3, 0.4) is 0 Å². The number of ether oxygens (including phenoxy) is 1. The van der Waals surface area contributed by atoms with E-state index in [2.05, 4.69) is 4.90 Å². The maximum Gasteiger partial charge on any atom is 0.317 e. The number of rotatable bonds is 8. The van der Waals surface area contributed by atoms with Gasteiger partial charge in [0.15, 0.2) is 0 Å². The van der Waals surface area contributed by atoms with Crippen LogP contribution in [0.5, 0.6) is 0 Å². The van der Waals surface area contributed by atoms with E-state index in [9.17, 15) is 9.90 Å². The summed E-state index contributed by atoms with van der Waals surface area (Å²) in [4.78, 5) is 14.5. The molecule has 2 atom stereocenters. The Morgan fingerprint density at radius 3 is 2.79 bits per heavy atom. The molecule has 0 bridgehead atoms. The van der Waals surface area contributed by atoms with Crippen molar-refractivity contribution in [2.75, 3.05) is 46.4 Å². The number of aliphatic carboxylic acids is 1. The van der Waals surface area contributed by atoms with Gasteiger partial charge in [0.25, 0.3) is 0 Å². The fraction of sp³-hybridized carbons (Fsp3) is 0.923. The van der Waals surface area contributed by atoms with Crippen molar-refractivity contribution < 1.29 is 19.7 Å². The van der Waals surface area contributed by atoms with Gasteiger partial charge in [-0.3, -0.25) is 14.6 Å². The molecule has 2 rings (SSSR count). The van der Waals surface area contributed by atoms with Crippen molar-refractivity contribution in [2.24, 2.45) is 5.92 Å². The Hall–Kier alpha value is -0.690. The number of aliphatic hydroxyl groups is 1. The summed E-state index contributed by atoms with van der Waals surface area (Å²) < 4.78 is 5.58. The molecule has 0 amide bonds. The summed E-state index contributed by atoms with van der Waals surface area (Å²) >= 11 is 0. The molecule has 0 radical (unpaired) electrons. The summed E-state index contributed by atoms with van der Waals surface area (Å²) in [6.45, 7) is 3.63. The predicted molar refractivity (Wildman–Crippen MR) is 70.0 cm³/mol. The van der Waals surface area contributed by atoms with E-state index in [0.29, 0.717) is 19.7 Å². The summed E-state index contributed by atoms with van der Waals surface area (Å²) in [5.41, 5.74) is 0. The minimum absolute atomic E-state index is 0.0340. The van der Waals surface area contributed by atoms with Crippen LogP contribution in [-0.4, -0.2) is 84.6 Å². The van der Waals surface area contributed by atoms with Crippen LogP contribution in [0.25, 0.3) is 0 Å². The highest BCUT2D eigenvalue weighted by Crippen LogP contribution is 2.28. The van der Waals surface area contributed by atoms with Crippen molar-refractivity contribution in [3.8, 4) is 0 Å². The highest BCUT2D eigenvalue weighted by Gasteiger charge is 2.34. The van der Waals surface area contributed by atoms with E-state index in [4.69, 9.17) is 9.84 Å². The van der Waals surface area contributed by atoms with Gasteiger partial charge in [0.1, 0.15) is 0 Å². The summed E-state index contributed by atoms with van der Waals surface area (Å²) in [7, 11) is 1.75. The van der Waals surface area contributed by atoms with Crippen LogP contribution in [0.1, 0.15) is 12.8 Å². The highest BCUT2D eigenvalue weighted by atomic mass is 16.5. The highest BCUT2D eigenvalue weighted by molar-refractivity contribution is 5.69. The first-order chi connectivity index (χ1) is 9.06. The van der Waals surface area contributed by atoms with Crippen LogP contribution in [0.2, 0.25) is 0 Å². The van der Waals surface area contributed by atoms with E-state index in [-0.39, 0.29) is 12.6 Å². The van der Waals surface area contributed by atoms with Crippen molar-refractivity contribution in [2.45, 2.75) is 25.0 Å². The summed E-state index contributed by atoms with van der Waals surface area (Å²) in [6.07, 6.45) is 2.11. The lowest BCUT2D eigenvalue weighted by Crippen LogP contribution is -2.43. The first-order valence-electron chi connectivity index (χ1n) is 6.96. The van der Waals surface area contributed by atoms with Gasteiger partial charge in [-0.2, -0.15) is 0 Å². The third kappa shape index (κ3) is 4.72. The zero-order valence-electron chi connectivity index (χ0n) is 11.5. The van der Waals surface area contributed by atoms with E-state index in [1.807, 2.05) is 0 Å². The number of aliphatic hydroxyl groups excluding tert-OH is 1. The Bertz CT molecular complexity index is 309. The van der Waals surface area contributed by atoms with Gasteiger partial charge in [0.2, 0.25) is 0 Å². The third-order valence-corrected chi connectivity index (χ3v) is 3.89. The Kier molecular flexibility index (Phi) is 5.15. The average molecular weight is 272 g/mol. The maximum absolute atomic E-state index is 10.7. The summed E-state index contributed by atoms with van der Waals surface area (Å²) in [6, 6.07) is -0.0977. The Morgan fingerprint density at radius 2 is 2.16 bits per heavy atom. The number of carbonyl (C=O) groups is 1. The second kappa shape index (κ2) is 6.65. The van der Waals surface area contributed by atoms with Gasteiger partial charge in [-0.15, -0.1) is 0 Å². The van der Waals surface area contributed by atoms with Crippen molar-refractivity contribution in [3.63, 3.8) is 0 Å². The number of likely N-dealkylation sites (N-methyl/N-ethyl adjacent to an activating group) is 1. The van der Waals surface area contributed by atoms with Gasteiger partial charge in [-0.05, 0) is 25.8 Å². The number of hydrogen-bond acceptors (Lipinski definition) is 5. The van der Waals surface area contributed by atoms with Crippen molar-refractivity contribution in [1.82, 2.24) is 9.80 Å². The molecule has 1 saturated carbocycles. The molecule has 19 heavy (non-hydrogen) atoms.